The average Bonchev–Trinajstić information content (AvgIpc) is 2.49. The maximum absolute atomic E-state index is 12.1. The SMILES string of the molecule is N#CC(=Cc1ccc(Br)cc1)C(=O)Nc1ccc(Cl)cc1. The van der Waals surface area contributed by atoms with Gasteiger partial charge in [-0.05, 0) is 48.0 Å². The monoisotopic (exact) mass is 360 g/mol. The van der Waals surface area contributed by atoms with E-state index in [0.29, 0.717) is 10.7 Å². The fourth-order valence-corrected chi connectivity index (χ4v) is 2.00. The van der Waals surface area contributed by atoms with Gasteiger partial charge in [0, 0.05) is 15.2 Å². The van der Waals surface area contributed by atoms with Gasteiger partial charge in [-0.3, -0.25) is 4.79 Å². The Bertz CT molecular complexity index is 715. The first-order valence-electron chi connectivity index (χ1n) is 6.03. The lowest BCUT2D eigenvalue weighted by atomic mass is 10.1. The molecule has 0 fully saturated rings. The molecule has 0 aliphatic heterocycles. The van der Waals surface area contributed by atoms with E-state index in [1.807, 2.05) is 30.3 Å². The van der Waals surface area contributed by atoms with Crippen LogP contribution >= 0.6 is 27.5 Å². The molecule has 0 bridgehead atoms. The van der Waals surface area contributed by atoms with Crippen LogP contribution in [0.4, 0.5) is 5.69 Å². The molecular weight excluding hydrogens is 352 g/mol. The molecule has 3 nitrogen and oxygen atoms in total. The molecule has 0 spiro atoms. The highest BCUT2D eigenvalue weighted by atomic mass is 79.9. The van der Waals surface area contributed by atoms with Crippen molar-refractivity contribution < 1.29 is 4.79 Å². The largest absolute Gasteiger partial charge is 0.321 e. The van der Waals surface area contributed by atoms with Gasteiger partial charge in [-0.1, -0.05) is 39.7 Å². The number of hydrogen-bond acceptors (Lipinski definition) is 2. The third-order valence-corrected chi connectivity index (χ3v) is 3.43. The summed E-state index contributed by atoms with van der Waals surface area (Å²) in [7, 11) is 0. The molecule has 0 aliphatic rings. The molecule has 1 N–H and O–H groups in total. The highest BCUT2D eigenvalue weighted by Crippen LogP contribution is 2.16. The first-order valence-corrected chi connectivity index (χ1v) is 7.20. The number of benzene rings is 2. The van der Waals surface area contributed by atoms with Crippen molar-refractivity contribution in [3.63, 3.8) is 0 Å². The van der Waals surface area contributed by atoms with Gasteiger partial charge >= 0.3 is 0 Å². The molecule has 1 amide bonds. The van der Waals surface area contributed by atoms with E-state index in [4.69, 9.17) is 16.9 Å². The van der Waals surface area contributed by atoms with Crippen LogP contribution in [0.25, 0.3) is 6.08 Å². The summed E-state index contributed by atoms with van der Waals surface area (Å²) in [6.45, 7) is 0. The lowest BCUT2D eigenvalue weighted by Gasteiger charge is -2.04. The molecule has 2 aromatic rings. The Hall–Kier alpha value is -2.09. The Morgan fingerprint density at radius 3 is 2.33 bits per heavy atom. The van der Waals surface area contributed by atoms with Crippen molar-refractivity contribution in [3.05, 3.63) is 69.2 Å². The van der Waals surface area contributed by atoms with Gasteiger partial charge in [0.25, 0.3) is 5.91 Å². The van der Waals surface area contributed by atoms with Crippen LogP contribution < -0.4 is 5.32 Å². The minimum Gasteiger partial charge on any atom is -0.321 e. The molecular formula is C16H10BrClN2O. The van der Waals surface area contributed by atoms with Crippen molar-refractivity contribution in [2.45, 2.75) is 0 Å². The molecule has 0 heterocycles. The third kappa shape index (κ3) is 4.45. The van der Waals surface area contributed by atoms with Crippen LogP contribution in [0.15, 0.2) is 58.6 Å². The normalized spacial score (nSPS) is 10.8. The quantitative estimate of drug-likeness (QED) is 0.639. The summed E-state index contributed by atoms with van der Waals surface area (Å²) in [6, 6.07) is 15.9. The zero-order chi connectivity index (χ0) is 15.2. The Kier molecular flexibility index (Phi) is 5.15. The van der Waals surface area contributed by atoms with E-state index in [1.165, 1.54) is 6.08 Å². The van der Waals surface area contributed by atoms with E-state index in [1.54, 1.807) is 24.3 Å². The van der Waals surface area contributed by atoms with E-state index in [0.717, 1.165) is 10.0 Å². The minimum atomic E-state index is -0.456. The van der Waals surface area contributed by atoms with Crippen LogP contribution in [-0.4, -0.2) is 5.91 Å². The van der Waals surface area contributed by atoms with E-state index in [-0.39, 0.29) is 5.57 Å². The van der Waals surface area contributed by atoms with Crippen molar-refractivity contribution in [1.29, 1.82) is 5.26 Å². The summed E-state index contributed by atoms with van der Waals surface area (Å²) < 4.78 is 0.934. The number of carbonyl (C=O) groups is 1. The number of amides is 1. The lowest BCUT2D eigenvalue weighted by molar-refractivity contribution is -0.112. The predicted molar refractivity (Wildman–Crippen MR) is 87.8 cm³/mol. The van der Waals surface area contributed by atoms with Crippen molar-refractivity contribution in [1.82, 2.24) is 0 Å². The van der Waals surface area contributed by atoms with E-state index in [9.17, 15) is 4.79 Å². The maximum Gasteiger partial charge on any atom is 0.266 e. The Morgan fingerprint density at radius 2 is 1.76 bits per heavy atom. The van der Waals surface area contributed by atoms with E-state index >= 15 is 0 Å². The van der Waals surface area contributed by atoms with E-state index in [2.05, 4.69) is 21.2 Å². The van der Waals surface area contributed by atoms with Gasteiger partial charge in [0.1, 0.15) is 11.6 Å². The molecule has 2 aromatic carbocycles. The number of carbonyl (C=O) groups excluding carboxylic acids is 1. The van der Waals surface area contributed by atoms with Crippen molar-refractivity contribution in [3.8, 4) is 6.07 Å². The van der Waals surface area contributed by atoms with Crippen LogP contribution in [0.5, 0.6) is 0 Å². The number of nitrogens with one attached hydrogen (secondary N) is 1. The second-order valence-corrected chi connectivity index (χ2v) is 5.53. The average molecular weight is 362 g/mol. The van der Waals surface area contributed by atoms with Crippen LogP contribution in [0.3, 0.4) is 0 Å². The van der Waals surface area contributed by atoms with E-state index < -0.39 is 5.91 Å². The Balaban J connectivity index is 2.17. The molecule has 0 atom stereocenters. The van der Waals surface area contributed by atoms with Crippen LogP contribution in [0.2, 0.25) is 5.02 Å². The predicted octanol–water partition coefficient (Wildman–Crippen LogP) is 4.65. The summed E-state index contributed by atoms with van der Waals surface area (Å²) in [5.74, 6) is -0.456. The molecule has 0 saturated heterocycles. The lowest BCUT2D eigenvalue weighted by Crippen LogP contribution is -2.13. The number of halogens is 2. The van der Waals surface area contributed by atoms with Gasteiger partial charge in [-0.25, -0.2) is 0 Å². The maximum atomic E-state index is 12.1. The molecule has 5 heteroatoms. The third-order valence-electron chi connectivity index (χ3n) is 2.65. The smallest absolute Gasteiger partial charge is 0.266 e. The molecule has 0 aromatic heterocycles. The minimum absolute atomic E-state index is 0.0345. The zero-order valence-corrected chi connectivity index (χ0v) is 13.1. The summed E-state index contributed by atoms with van der Waals surface area (Å²) in [6.07, 6.45) is 1.54. The Labute approximate surface area is 136 Å². The van der Waals surface area contributed by atoms with Crippen molar-refractivity contribution in [2.24, 2.45) is 0 Å². The van der Waals surface area contributed by atoms with Gasteiger partial charge in [-0.15, -0.1) is 0 Å². The summed E-state index contributed by atoms with van der Waals surface area (Å²) >= 11 is 9.11. The number of nitriles is 1. The standard InChI is InChI=1S/C16H10BrClN2O/c17-13-3-1-11(2-4-13)9-12(10-19)16(21)20-15-7-5-14(18)6-8-15/h1-9H,(H,20,21). The molecule has 0 aliphatic carbocycles. The number of nitrogens with zero attached hydrogens (tertiary/aromatic N) is 1. The topological polar surface area (TPSA) is 52.9 Å². The highest BCUT2D eigenvalue weighted by molar-refractivity contribution is 9.10. The van der Waals surface area contributed by atoms with Gasteiger partial charge in [0.05, 0.1) is 0 Å². The molecule has 0 unspecified atom stereocenters. The molecule has 21 heavy (non-hydrogen) atoms. The van der Waals surface area contributed by atoms with Crippen molar-refractivity contribution in [2.75, 3.05) is 5.32 Å². The van der Waals surface area contributed by atoms with Crippen LogP contribution in [0, 0.1) is 11.3 Å². The fourth-order valence-electron chi connectivity index (χ4n) is 1.61. The van der Waals surface area contributed by atoms with Gasteiger partial charge in [-0.2, -0.15) is 5.26 Å². The fraction of sp³-hybridized carbons (Fsp3) is 0. The van der Waals surface area contributed by atoms with Gasteiger partial charge in [0.15, 0.2) is 0 Å². The Morgan fingerprint density at radius 1 is 1.14 bits per heavy atom. The number of rotatable bonds is 3. The number of hydrogen-bond donors (Lipinski definition) is 1. The second-order valence-electron chi connectivity index (χ2n) is 4.18. The van der Waals surface area contributed by atoms with Crippen LogP contribution in [-0.2, 0) is 4.79 Å². The number of anilines is 1. The summed E-state index contributed by atoms with van der Waals surface area (Å²) in [5, 5.41) is 12.4. The first-order chi connectivity index (χ1) is 10.1. The second kappa shape index (κ2) is 7.07. The molecule has 0 saturated carbocycles. The summed E-state index contributed by atoms with van der Waals surface area (Å²) in [5.41, 5.74) is 1.40. The van der Waals surface area contributed by atoms with Gasteiger partial charge < -0.3 is 5.32 Å². The zero-order valence-electron chi connectivity index (χ0n) is 10.8. The van der Waals surface area contributed by atoms with Crippen molar-refractivity contribution >= 4 is 45.2 Å². The summed E-state index contributed by atoms with van der Waals surface area (Å²) in [4.78, 5) is 12.1. The van der Waals surface area contributed by atoms with Crippen LogP contribution in [0.1, 0.15) is 5.56 Å². The molecule has 0 radical (unpaired) electrons. The molecule has 104 valence electrons. The molecule has 2 rings (SSSR count). The first kappa shape index (κ1) is 15.3. The highest BCUT2D eigenvalue weighted by Gasteiger charge is 2.09. The van der Waals surface area contributed by atoms with Gasteiger partial charge in [0.2, 0.25) is 0 Å².